The molecule has 2 heterocycles. The van der Waals surface area contributed by atoms with Crippen molar-refractivity contribution in [3.05, 3.63) is 59.7 Å². The molecule has 9 nitrogen and oxygen atoms in total. The van der Waals surface area contributed by atoms with Gasteiger partial charge in [-0.2, -0.15) is 10.2 Å². The van der Waals surface area contributed by atoms with E-state index in [9.17, 15) is 10.4 Å². The van der Waals surface area contributed by atoms with Crippen LogP contribution in [-0.4, -0.2) is 37.2 Å². The van der Waals surface area contributed by atoms with Crippen molar-refractivity contribution in [1.29, 1.82) is 5.26 Å². The lowest BCUT2D eigenvalue weighted by Gasteiger charge is -2.26. The SMILES string of the molecule is Cc1cccc(Oc2ncncc2CNc2ncc(C#N)c(N[C@H]3CC[C@@H](O)CC3)n2)c1. The largest absolute Gasteiger partial charge is 0.439 e. The normalized spacial score (nSPS) is 17.9. The van der Waals surface area contributed by atoms with Crippen LogP contribution in [0.1, 0.15) is 42.4 Å². The first-order valence-electron chi connectivity index (χ1n) is 10.6. The number of ether oxygens (including phenoxy) is 1. The van der Waals surface area contributed by atoms with E-state index in [0.717, 1.165) is 36.8 Å². The van der Waals surface area contributed by atoms with Gasteiger partial charge in [0.1, 0.15) is 29.5 Å². The number of anilines is 2. The van der Waals surface area contributed by atoms with E-state index in [4.69, 9.17) is 4.74 Å². The molecule has 3 N–H and O–H groups in total. The minimum atomic E-state index is -0.240. The van der Waals surface area contributed by atoms with Gasteiger partial charge in [-0.05, 0) is 50.3 Å². The van der Waals surface area contributed by atoms with Crippen LogP contribution in [0.2, 0.25) is 0 Å². The Kier molecular flexibility index (Phi) is 6.72. The van der Waals surface area contributed by atoms with Gasteiger partial charge in [-0.25, -0.2) is 15.0 Å². The van der Waals surface area contributed by atoms with Crippen molar-refractivity contribution in [2.24, 2.45) is 0 Å². The van der Waals surface area contributed by atoms with Gasteiger partial charge in [0.25, 0.3) is 0 Å². The van der Waals surface area contributed by atoms with Crippen LogP contribution in [0.25, 0.3) is 0 Å². The molecular weight excluding hydrogens is 406 g/mol. The first-order chi connectivity index (χ1) is 15.6. The van der Waals surface area contributed by atoms with Crippen LogP contribution in [-0.2, 0) is 6.54 Å². The quantitative estimate of drug-likeness (QED) is 0.514. The Morgan fingerprint density at radius 3 is 2.81 bits per heavy atom. The number of aliphatic hydroxyl groups is 1. The minimum Gasteiger partial charge on any atom is -0.439 e. The summed E-state index contributed by atoms with van der Waals surface area (Å²) in [4.78, 5) is 17.1. The van der Waals surface area contributed by atoms with E-state index < -0.39 is 0 Å². The number of aromatic nitrogens is 4. The molecule has 1 fully saturated rings. The van der Waals surface area contributed by atoms with Crippen LogP contribution in [0.3, 0.4) is 0 Å². The van der Waals surface area contributed by atoms with Gasteiger partial charge in [-0.3, -0.25) is 0 Å². The molecule has 3 aromatic rings. The van der Waals surface area contributed by atoms with Crippen molar-refractivity contribution < 1.29 is 9.84 Å². The molecule has 0 atom stereocenters. The molecule has 2 aromatic heterocycles. The number of benzene rings is 1. The zero-order valence-electron chi connectivity index (χ0n) is 17.8. The van der Waals surface area contributed by atoms with E-state index in [1.165, 1.54) is 12.5 Å². The smallest absolute Gasteiger partial charge is 0.227 e. The Labute approximate surface area is 186 Å². The fourth-order valence-corrected chi connectivity index (χ4v) is 3.60. The lowest BCUT2D eigenvalue weighted by atomic mass is 9.93. The highest BCUT2D eigenvalue weighted by atomic mass is 16.5. The summed E-state index contributed by atoms with van der Waals surface area (Å²) < 4.78 is 5.94. The van der Waals surface area contributed by atoms with E-state index in [2.05, 4.69) is 36.6 Å². The van der Waals surface area contributed by atoms with Gasteiger partial charge in [0.05, 0.1) is 17.9 Å². The topological polar surface area (TPSA) is 129 Å². The summed E-state index contributed by atoms with van der Waals surface area (Å²) in [6.07, 6.45) is 7.54. The second kappa shape index (κ2) is 10.0. The molecule has 0 spiro atoms. The van der Waals surface area contributed by atoms with Crippen molar-refractivity contribution >= 4 is 11.8 Å². The summed E-state index contributed by atoms with van der Waals surface area (Å²) >= 11 is 0. The van der Waals surface area contributed by atoms with Gasteiger partial charge in [-0.1, -0.05) is 12.1 Å². The number of nitrogens with one attached hydrogen (secondary N) is 2. The summed E-state index contributed by atoms with van der Waals surface area (Å²) in [6, 6.07) is 10.0. The number of nitriles is 1. The first-order valence-corrected chi connectivity index (χ1v) is 10.6. The zero-order valence-corrected chi connectivity index (χ0v) is 17.8. The molecule has 1 saturated carbocycles. The summed E-state index contributed by atoms with van der Waals surface area (Å²) in [5, 5.41) is 25.6. The minimum absolute atomic E-state index is 0.171. The number of rotatable bonds is 7. The van der Waals surface area contributed by atoms with Crippen LogP contribution < -0.4 is 15.4 Å². The number of nitrogens with zero attached hydrogens (tertiary/aromatic N) is 5. The second-order valence-corrected chi connectivity index (χ2v) is 7.84. The van der Waals surface area contributed by atoms with Crippen molar-refractivity contribution in [2.75, 3.05) is 10.6 Å². The zero-order chi connectivity index (χ0) is 22.3. The second-order valence-electron chi connectivity index (χ2n) is 7.84. The molecule has 9 heteroatoms. The lowest BCUT2D eigenvalue weighted by Crippen LogP contribution is -2.29. The monoisotopic (exact) mass is 431 g/mol. The fourth-order valence-electron chi connectivity index (χ4n) is 3.60. The third kappa shape index (κ3) is 5.47. The highest BCUT2D eigenvalue weighted by molar-refractivity contribution is 5.54. The average molecular weight is 432 g/mol. The number of hydrogen-bond donors (Lipinski definition) is 3. The predicted molar refractivity (Wildman–Crippen MR) is 119 cm³/mol. The van der Waals surface area contributed by atoms with E-state index in [1.54, 1.807) is 6.20 Å². The van der Waals surface area contributed by atoms with Crippen LogP contribution in [0.15, 0.2) is 43.0 Å². The van der Waals surface area contributed by atoms with Crippen LogP contribution in [0.4, 0.5) is 11.8 Å². The van der Waals surface area contributed by atoms with Crippen molar-refractivity contribution in [3.63, 3.8) is 0 Å². The molecule has 0 unspecified atom stereocenters. The third-order valence-electron chi connectivity index (χ3n) is 5.33. The van der Waals surface area contributed by atoms with Gasteiger partial charge in [0.2, 0.25) is 11.8 Å². The van der Waals surface area contributed by atoms with Crippen LogP contribution in [0.5, 0.6) is 11.6 Å². The van der Waals surface area contributed by atoms with Crippen LogP contribution in [0, 0.1) is 18.3 Å². The maximum absolute atomic E-state index is 9.71. The molecule has 1 aromatic carbocycles. The summed E-state index contributed by atoms with van der Waals surface area (Å²) in [6.45, 7) is 2.35. The predicted octanol–water partition coefficient (Wildman–Crippen LogP) is 3.57. The van der Waals surface area contributed by atoms with Gasteiger partial charge >= 0.3 is 0 Å². The maximum atomic E-state index is 9.71. The summed E-state index contributed by atoms with van der Waals surface area (Å²) in [7, 11) is 0. The molecule has 164 valence electrons. The molecule has 4 rings (SSSR count). The Morgan fingerprint density at radius 1 is 1.19 bits per heavy atom. The maximum Gasteiger partial charge on any atom is 0.227 e. The highest BCUT2D eigenvalue weighted by Crippen LogP contribution is 2.25. The molecule has 0 amide bonds. The molecule has 1 aliphatic carbocycles. The van der Waals surface area contributed by atoms with Crippen molar-refractivity contribution in [3.8, 4) is 17.7 Å². The van der Waals surface area contributed by atoms with E-state index >= 15 is 0 Å². The summed E-state index contributed by atoms with van der Waals surface area (Å²) in [5.41, 5.74) is 2.22. The number of aryl methyl sites for hydroxylation is 1. The van der Waals surface area contributed by atoms with Crippen molar-refractivity contribution in [2.45, 2.75) is 51.3 Å². The third-order valence-corrected chi connectivity index (χ3v) is 5.33. The Bertz CT molecular complexity index is 1110. The fraction of sp³-hybridized carbons (Fsp3) is 0.348. The Hall–Kier alpha value is -3.77. The number of hydrogen-bond acceptors (Lipinski definition) is 9. The molecule has 0 saturated heterocycles. The molecule has 32 heavy (non-hydrogen) atoms. The average Bonchev–Trinajstić information content (AvgIpc) is 2.80. The van der Waals surface area contributed by atoms with Crippen molar-refractivity contribution in [1.82, 2.24) is 19.9 Å². The standard InChI is InChI=1S/C23H25N7O2/c1-15-3-2-4-20(9-15)32-22-17(11-25-14-28-22)13-27-23-26-12-16(10-24)21(30-23)29-18-5-7-19(31)8-6-18/h2-4,9,11-12,14,18-19,31H,5-8,13H2,1H3,(H2,26,27,29,30)/t18-,19+. The van der Waals surface area contributed by atoms with E-state index in [1.807, 2.05) is 31.2 Å². The van der Waals surface area contributed by atoms with Gasteiger partial charge in [-0.15, -0.1) is 0 Å². The molecule has 0 aliphatic heterocycles. The lowest BCUT2D eigenvalue weighted by molar-refractivity contribution is 0.126. The van der Waals surface area contributed by atoms with Crippen LogP contribution >= 0.6 is 0 Å². The summed E-state index contributed by atoms with van der Waals surface area (Å²) in [5.74, 6) is 2.02. The molecule has 0 bridgehead atoms. The van der Waals surface area contributed by atoms with E-state index in [-0.39, 0.29) is 12.1 Å². The Morgan fingerprint density at radius 2 is 2.03 bits per heavy atom. The first kappa shape index (κ1) is 21.5. The van der Waals surface area contributed by atoms with E-state index in [0.29, 0.717) is 35.5 Å². The Balaban J connectivity index is 1.45. The molecular formula is C23H25N7O2. The number of aliphatic hydroxyl groups excluding tert-OH is 1. The highest BCUT2D eigenvalue weighted by Gasteiger charge is 2.21. The van der Waals surface area contributed by atoms with Gasteiger partial charge in [0, 0.05) is 18.8 Å². The van der Waals surface area contributed by atoms with Gasteiger partial charge < -0.3 is 20.5 Å². The molecule has 1 aliphatic rings. The van der Waals surface area contributed by atoms with Gasteiger partial charge in [0.15, 0.2) is 0 Å². The molecule has 0 radical (unpaired) electrons.